The van der Waals surface area contributed by atoms with E-state index in [1.54, 1.807) is 0 Å². The number of hydrogen-bond donors (Lipinski definition) is 0. The van der Waals surface area contributed by atoms with E-state index < -0.39 is 0 Å². The van der Waals surface area contributed by atoms with Gasteiger partial charge in [-0.15, -0.1) is 0 Å². The lowest BCUT2D eigenvalue weighted by Gasteiger charge is -2.37. The molecule has 0 amide bonds. The van der Waals surface area contributed by atoms with Crippen molar-refractivity contribution in [2.45, 2.75) is 19.3 Å². The third kappa shape index (κ3) is 5.40. The summed E-state index contributed by atoms with van der Waals surface area (Å²) >= 11 is 0. The molecule has 0 heterocycles. The second kappa shape index (κ2) is 13.0. The lowest BCUT2D eigenvalue weighted by atomic mass is 9.68. The van der Waals surface area contributed by atoms with E-state index in [1.165, 1.54) is 65.3 Å². The first kappa shape index (κ1) is 33.2. The minimum Gasteiger partial charge on any atom is -0.310 e. The van der Waals surface area contributed by atoms with Gasteiger partial charge in [0.25, 0.3) is 0 Å². The van der Waals surface area contributed by atoms with E-state index in [2.05, 4.69) is 230 Å². The molecule has 0 bridgehead atoms. The average molecular weight is 729 g/mol. The molecule has 0 saturated carbocycles. The lowest BCUT2D eigenvalue weighted by molar-refractivity contribution is 0.645. The number of nitrogens with zero attached hydrogens (tertiary/aromatic N) is 2. The maximum Gasteiger partial charge on any atom is 0.0468 e. The van der Waals surface area contributed by atoms with Crippen molar-refractivity contribution in [2.75, 3.05) is 9.80 Å². The minimum atomic E-state index is -0.240. The maximum absolute atomic E-state index is 2.44. The Kier molecular flexibility index (Phi) is 7.55. The first-order valence-corrected chi connectivity index (χ1v) is 19.8. The zero-order valence-electron chi connectivity index (χ0n) is 32.0. The summed E-state index contributed by atoms with van der Waals surface area (Å²) in [6.45, 7) is 4.79. The van der Waals surface area contributed by atoms with Gasteiger partial charge in [0.2, 0.25) is 0 Å². The number of hydrogen-bond acceptors (Lipinski definition) is 2. The molecule has 0 radical (unpaired) electrons. The molecule has 0 unspecified atom stereocenters. The first-order chi connectivity index (χ1) is 28.0. The summed E-state index contributed by atoms with van der Waals surface area (Å²) in [7, 11) is 0. The smallest absolute Gasteiger partial charge is 0.0468 e. The van der Waals surface area contributed by atoms with Gasteiger partial charge in [0, 0.05) is 39.5 Å². The molecule has 0 N–H and O–H groups in total. The van der Waals surface area contributed by atoms with Crippen LogP contribution in [0.15, 0.2) is 206 Å². The molecule has 11 rings (SSSR count). The van der Waals surface area contributed by atoms with Crippen LogP contribution >= 0.6 is 0 Å². The molecule has 1 aliphatic rings. The molecule has 0 fully saturated rings. The topological polar surface area (TPSA) is 6.48 Å². The zero-order valence-corrected chi connectivity index (χ0v) is 32.0. The van der Waals surface area contributed by atoms with Gasteiger partial charge in [-0.25, -0.2) is 0 Å². The van der Waals surface area contributed by atoms with Crippen LogP contribution in [0.1, 0.15) is 25.0 Å². The molecule has 270 valence electrons. The van der Waals surface area contributed by atoms with Gasteiger partial charge >= 0.3 is 0 Å². The normalized spacial score (nSPS) is 12.9. The van der Waals surface area contributed by atoms with Crippen LogP contribution in [0.4, 0.5) is 34.1 Å². The molecule has 0 saturated heterocycles. The molecule has 1 aliphatic carbocycles. The highest BCUT2D eigenvalue weighted by atomic mass is 15.1. The third-order valence-electron chi connectivity index (χ3n) is 12.1. The Balaban J connectivity index is 1.08. The molecule has 10 aromatic carbocycles. The second-order valence-electron chi connectivity index (χ2n) is 15.8. The van der Waals surface area contributed by atoms with Crippen molar-refractivity contribution in [3.8, 4) is 11.1 Å². The van der Waals surface area contributed by atoms with E-state index in [9.17, 15) is 0 Å². The van der Waals surface area contributed by atoms with Crippen molar-refractivity contribution >= 4 is 77.2 Å². The third-order valence-corrected chi connectivity index (χ3v) is 12.1. The van der Waals surface area contributed by atoms with E-state index in [0.717, 1.165) is 34.1 Å². The molecule has 0 aromatic heterocycles. The van der Waals surface area contributed by atoms with E-state index in [0.29, 0.717) is 0 Å². The highest BCUT2D eigenvalue weighted by Crippen LogP contribution is 2.52. The zero-order chi connectivity index (χ0) is 38.1. The summed E-state index contributed by atoms with van der Waals surface area (Å²) in [4.78, 5) is 4.78. The van der Waals surface area contributed by atoms with E-state index in [4.69, 9.17) is 0 Å². The number of anilines is 6. The average Bonchev–Trinajstić information content (AvgIpc) is 3.26. The summed E-state index contributed by atoms with van der Waals surface area (Å²) in [5, 5.41) is 10.1. The predicted molar refractivity (Wildman–Crippen MR) is 243 cm³/mol. The number of para-hydroxylation sites is 2. The van der Waals surface area contributed by atoms with Gasteiger partial charge in [-0.05, 0) is 144 Å². The molecule has 10 aromatic rings. The standard InChI is InChI=1S/C55H40N2/c1-55(2)52-23-13-22-49-50-35-46(56(42-18-5-3-6-19-42)44-27-24-37-14-9-11-16-39(37)32-44)29-26-41(50)34-51(54(49)52)48-31-30-47(36-53(48)55)57(43-20-7-4-8-21-43)45-28-25-38-15-10-12-17-40(38)33-45/h3-36H,1-2H3. The van der Waals surface area contributed by atoms with Gasteiger partial charge in [0.15, 0.2) is 0 Å². The van der Waals surface area contributed by atoms with Crippen molar-refractivity contribution in [3.05, 3.63) is 217 Å². The summed E-state index contributed by atoms with van der Waals surface area (Å²) < 4.78 is 0. The number of benzene rings is 10. The Morgan fingerprint density at radius 2 is 0.789 bits per heavy atom. The van der Waals surface area contributed by atoms with Gasteiger partial charge in [-0.3, -0.25) is 0 Å². The fraction of sp³-hybridized carbons (Fsp3) is 0.0545. The predicted octanol–water partition coefficient (Wildman–Crippen LogP) is 15.5. The quantitative estimate of drug-likeness (QED) is 0.157. The van der Waals surface area contributed by atoms with Crippen molar-refractivity contribution < 1.29 is 0 Å². The highest BCUT2D eigenvalue weighted by Gasteiger charge is 2.35. The summed E-state index contributed by atoms with van der Waals surface area (Å²) in [5.74, 6) is 0. The van der Waals surface area contributed by atoms with E-state index in [-0.39, 0.29) is 5.41 Å². The maximum atomic E-state index is 2.44. The molecule has 2 heteroatoms. The van der Waals surface area contributed by atoms with E-state index in [1.807, 2.05) is 0 Å². The molecule has 0 spiro atoms. The summed E-state index contributed by atoms with van der Waals surface area (Å²) in [6.07, 6.45) is 0. The summed E-state index contributed by atoms with van der Waals surface area (Å²) in [5.41, 5.74) is 11.9. The van der Waals surface area contributed by atoms with Crippen molar-refractivity contribution in [2.24, 2.45) is 0 Å². The minimum absolute atomic E-state index is 0.240. The van der Waals surface area contributed by atoms with Crippen LogP contribution in [0.5, 0.6) is 0 Å². The Morgan fingerprint density at radius 3 is 1.39 bits per heavy atom. The monoisotopic (exact) mass is 728 g/mol. The van der Waals surface area contributed by atoms with Gasteiger partial charge in [-0.1, -0.05) is 141 Å². The molecular formula is C55H40N2. The van der Waals surface area contributed by atoms with Crippen molar-refractivity contribution in [1.82, 2.24) is 0 Å². The highest BCUT2D eigenvalue weighted by molar-refractivity contribution is 6.17. The molecule has 0 atom stereocenters. The fourth-order valence-corrected chi connectivity index (χ4v) is 9.32. The Bertz CT molecular complexity index is 3160. The van der Waals surface area contributed by atoms with Gasteiger partial charge in [-0.2, -0.15) is 0 Å². The Labute approximate surface area is 333 Å². The lowest BCUT2D eigenvalue weighted by Crippen LogP contribution is -2.24. The van der Waals surface area contributed by atoms with Crippen LogP contribution in [0.25, 0.3) is 54.2 Å². The largest absolute Gasteiger partial charge is 0.310 e. The van der Waals surface area contributed by atoms with Gasteiger partial charge in [0.05, 0.1) is 0 Å². The van der Waals surface area contributed by atoms with Crippen LogP contribution in [-0.4, -0.2) is 0 Å². The SMILES string of the molecule is CC1(C)c2cc(N(c3ccccc3)c3ccc4ccccc4c3)ccc2-c2cc3ccc(N(c4ccccc4)c4ccc5ccccc5c4)cc3c3cccc1c23. The van der Waals surface area contributed by atoms with Crippen LogP contribution in [0.2, 0.25) is 0 Å². The van der Waals surface area contributed by atoms with Crippen LogP contribution in [0, 0.1) is 0 Å². The van der Waals surface area contributed by atoms with Crippen molar-refractivity contribution in [3.63, 3.8) is 0 Å². The summed E-state index contributed by atoms with van der Waals surface area (Å²) in [6, 6.07) is 75.7. The van der Waals surface area contributed by atoms with Crippen molar-refractivity contribution in [1.29, 1.82) is 0 Å². The van der Waals surface area contributed by atoms with Gasteiger partial charge in [0.1, 0.15) is 0 Å². The number of fused-ring (bicyclic) bond motifs is 6. The fourth-order valence-electron chi connectivity index (χ4n) is 9.32. The number of rotatable bonds is 6. The van der Waals surface area contributed by atoms with Crippen LogP contribution in [-0.2, 0) is 5.41 Å². The molecule has 57 heavy (non-hydrogen) atoms. The Hall–Kier alpha value is -7.16. The second-order valence-corrected chi connectivity index (χ2v) is 15.8. The molecule has 0 aliphatic heterocycles. The van der Waals surface area contributed by atoms with Crippen LogP contribution in [0.3, 0.4) is 0 Å². The van der Waals surface area contributed by atoms with Gasteiger partial charge < -0.3 is 9.80 Å². The van der Waals surface area contributed by atoms with Crippen LogP contribution < -0.4 is 9.80 Å². The molecule has 2 nitrogen and oxygen atoms in total. The Morgan fingerprint density at radius 1 is 0.298 bits per heavy atom. The first-order valence-electron chi connectivity index (χ1n) is 19.8. The van der Waals surface area contributed by atoms with E-state index >= 15 is 0 Å². The molecular weight excluding hydrogens is 689 g/mol.